The summed E-state index contributed by atoms with van der Waals surface area (Å²) in [5.41, 5.74) is 0. The van der Waals surface area contributed by atoms with Crippen LogP contribution in [0.4, 0.5) is 0 Å². The molecule has 0 aliphatic heterocycles. The maximum Gasteiger partial charge on any atom is 0.306 e. The molecule has 0 bridgehead atoms. The lowest BCUT2D eigenvalue weighted by Crippen LogP contribution is -2.30. The number of esters is 3. The first-order valence-electron chi connectivity index (χ1n) is 36.4. The first kappa shape index (κ1) is 79.8. The van der Waals surface area contributed by atoms with Gasteiger partial charge in [-0.15, -0.1) is 0 Å². The molecule has 0 heterocycles. The van der Waals surface area contributed by atoms with E-state index in [1.54, 1.807) is 0 Å². The van der Waals surface area contributed by atoms with E-state index in [0.717, 1.165) is 103 Å². The molecule has 0 saturated carbocycles. The first-order valence-corrected chi connectivity index (χ1v) is 36.4. The van der Waals surface area contributed by atoms with Gasteiger partial charge in [-0.05, 0) is 83.5 Å². The van der Waals surface area contributed by atoms with Crippen molar-refractivity contribution in [2.75, 3.05) is 13.2 Å². The highest BCUT2D eigenvalue weighted by Crippen LogP contribution is 2.19. The minimum Gasteiger partial charge on any atom is -0.462 e. The Bertz CT molecular complexity index is 1520. The monoisotopic (exact) mass is 1160 g/mol. The van der Waals surface area contributed by atoms with Gasteiger partial charge < -0.3 is 14.2 Å². The van der Waals surface area contributed by atoms with Crippen LogP contribution in [0.25, 0.3) is 0 Å². The van der Waals surface area contributed by atoms with Gasteiger partial charge in [0.15, 0.2) is 6.10 Å². The van der Waals surface area contributed by atoms with Crippen LogP contribution in [0.5, 0.6) is 0 Å². The molecular weight excluding hydrogens is 1020 g/mol. The summed E-state index contributed by atoms with van der Waals surface area (Å²) in [6.45, 7) is 6.50. The van der Waals surface area contributed by atoms with E-state index in [2.05, 4.69) is 93.7 Å². The number of carbonyl (C=O) groups excluding carboxylic acids is 3. The third kappa shape index (κ3) is 69.5. The SMILES string of the molecule is CC/C=C\C/C=C\C/C=C\C/C=C\C/C=C\CCCCCC(=O)OC(COC(=O)CCCCCCC/C=C\CCCC)COC(=O)CCCCCCCCCCCCCCCCCCCCCCCCCCCCCCCCCCCCC. The Kier molecular flexibility index (Phi) is 68.6. The molecule has 6 nitrogen and oxygen atoms in total. The number of ether oxygens (including phenoxy) is 3. The summed E-state index contributed by atoms with van der Waals surface area (Å²) in [4.78, 5) is 38.3. The third-order valence-corrected chi connectivity index (χ3v) is 16.2. The van der Waals surface area contributed by atoms with Gasteiger partial charge in [0, 0.05) is 19.3 Å². The number of allylic oxidation sites excluding steroid dienone is 12. The molecule has 0 saturated heterocycles. The van der Waals surface area contributed by atoms with Gasteiger partial charge in [0.1, 0.15) is 13.2 Å². The van der Waals surface area contributed by atoms with Crippen LogP contribution >= 0.6 is 0 Å². The Morgan fingerprint density at radius 1 is 0.253 bits per heavy atom. The number of hydrogen-bond donors (Lipinski definition) is 0. The number of carbonyl (C=O) groups is 3. The molecule has 0 fully saturated rings. The summed E-state index contributed by atoms with van der Waals surface area (Å²) in [5, 5.41) is 0. The first-order chi connectivity index (χ1) is 41.0. The zero-order valence-electron chi connectivity index (χ0n) is 55.5. The summed E-state index contributed by atoms with van der Waals surface area (Å²) < 4.78 is 16.9. The Labute approximate surface area is 516 Å². The van der Waals surface area contributed by atoms with Gasteiger partial charge in [-0.25, -0.2) is 0 Å². The predicted octanol–water partition coefficient (Wildman–Crippen LogP) is 25.2. The van der Waals surface area contributed by atoms with Crippen molar-refractivity contribution in [1.29, 1.82) is 0 Å². The van der Waals surface area contributed by atoms with E-state index in [1.807, 2.05) is 0 Å². The molecule has 6 heteroatoms. The van der Waals surface area contributed by atoms with Crippen molar-refractivity contribution in [3.63, 3.8) is 0 Å². The maximum atomic E-state index is 12.9. The quantitative estimate of drug-likeness (QED) is 0.0261. The van der Waals surface area contributed by atoms with Crippen molar-refractivity contribution in [3.8, 4) is 0 Å². The van der Waals surface area contributed by atoms with E-state index in [4.69, 9.17) is 14.2 Å². The molecule has 0 amide bonds. The third-order valence-electron chi connectivity index (χ3n) is 16.2. The second-order valence-corrected chi connectivity index (χ2v) is 24.5. The largest absolute Gasteiger partial charge is 0.462 e. The highest BCUT2D eigenvalue weighted by atomic mass is 16.6. The van der Waals surface area contributed by atoms with E-state index >= 15 is 0 Å². The van der Waals surface area contributed by atoms with Gasteiger partial charge >= 0.3 is 17.9 Å². The fourth-order valence-corrected chi connectivity index (χ4v) is 10.7. The van der Waals surface area contributed by atoms with Crippen molar-refractivity contribution in [3.05, 3.63) is 72.9 Å². The Morgan fingerprint density at radius 3 is 0.795 bits per heavy atom. The van der Waals surface area contributed by atoms with Crippen molar-refractivity contribution < 1.29 is 28.6 Å². The van der Waals surface area contributed by atoms with Crippen LogP contribution < -0.4 is 0 Å². The molecule has 482 valence electrons. The average molecular weight is 1160 g/mol. The van der Waals surface area contributed by atoms with Gasteiger partial charge in [-0.2, -0.15) is 0 Å². The van der Waals surface area contributed by atoms with Gasteiger partial charge in [0.05, 0.1) is 0 Å². The zero-order valence-corrected chi connectivity index (χ0v) is 55.5. The maximum absolute atomic E-state index is 12.9. The van der Waals surface area contributed by atoms with Gasteiger partial charge in [-0.1, -0.05) is 351 Å². The van der Waals surface area contributed by atoms with E-state index < -0.39 is 6.10 Å². The summed E-state index contributed by atoms with van der Waals surface area (Å²) in [5.74, 6) is -0.915. The van der Waals surface area contributed by atoms with Crippen LogP contribution in [0, 0.1) is 0 Å². The minimum atomic E-state index is -0.796. The van der Waals surface area contributed by atoms with E-state index in [0.29, 0.717) is 19.3 Å². The lowest BCUT2D eigenvalue weighted by atomic mass is 10.0. The fraction of sp³-hybridized carbons (Fsp3) is 0.805. The van der Waals surface area contributed by atoms with Crippen molar-refractivity contribution >= 4 is 17.9 Å². The summed E-state index contributed by atoms with van der Waals surface area (Å²) in [7, 11) is 0. The Balaban J connectivity index is 4.09. The predicted molar refractivity (Wildman–Crippen MR) is 362 cm³/mol. The molecule has 83 heavy (non-hydrogen) atoms. The van der Waals surface area contributed by atoms with Gasteiger partial charge in [0.25, 0.3) is 0 Å². The molecule has 0 aliphatic carbocycles. The molecule has 0 radical (unpaired) electrons. The van der Waals surface area contributed by atoms with Gasteiger partial charge in [-0.3, -0.25) is 14.4 Å². The van der Waals surface area contributed by atoms with Crippen molar-refractivity contribution in [2.24, 2.45) is 0 Å². The molecule has 1 unspecified atom stereocenters. The molecule has 0 rings (SSSR count). The van der Waals surface area contributed by atoms with Crippen LogP contribution in [0.2, 0.25) is 0 Å². The molecule has 0 aromatic carbocycles. The number of rotatable bonds is 67. The lowest BCUT2D eigenvalue weighted by molar-refractivity contribution is -0.167. The smallest absolute Gasteiger partial charge is 0.306 e. The second-order valence-electron chi connectivity index (χ2n) is 24.5. The topological polar surface area (TPSA) is 78.9 Å². The lowest BCUT2D eigenvalue weighted by Gasteiger charge is -2.18. The van der Waals surface area contributed by atoms with Crippen molar-refractivity contribution in [1.82, 2.24) is 0 Å². The molecule has 0 aromatic rings. The van der Waals surface area contributed by atoms with Crippen LogP contribution in [0.15, 0.2) is 72.9 Å². The van der Waals surface area contributed by atoms with Crippen LogP contribution in [-0.2, 0) is 28.6 Å². The highest BCUT2D eigenvalue weighted by molar-refractivity contribution is 5.71. The summed E-state index contributed by atoms with van der Waals surface area (Å²) in [6.07, 6.45) is 94.0. The molecular formula is C77H138O6. The van der Waals surface area contributed by atoms with Crippen LogP contribution in [0.3, 0.4) is 0 Å². The Hall–Kier alpha value is -3.15. The molecule has 0 aromatic heterocycles. The molecule has 0 aliphatic rings. The Morgan fingerprint density at radius 2 is 0.482 bits per heavy atom. The highest BCUT2D eigenvalue weighted by Gasteiger charge is 2.19. The summed E-state index contributed by atoms with van der Waals surface area (Å²) >= 11 is 0. The minimum absolute atomic E-state index is 0.0888. The fourth-order valence-electron chi connectivity index (χ4n) is 10.7. The standard InChI is InChI=1S/C77H138O6/c1-4-7-10-13-16-19-22-24-26-28-30-31-32-33-34-35-36-37-38-39-40-41-42-43-44-45-47-48-50-52-55-58-61-64-67-70-76(79)82-73-74(72-81-75(78)69-66-63-60-57-54-21-18-15-12-9-6-3)83-77(80)71-68-65-62-59-56-53-51-49-46-29-27-25-23-20-17-14-11-8-5-2/h8,11,15,17-18,20,25,27,46,49,53,56,74H,4-7,9-10,12-14,16,19,21-24,26,28-45,47-48,50-52,54-55,57-73H2,1-3H3/b11-8-,18-15-,20-17-,27-25-,49-46-,56-53-. The summed E-state index contributed by atoms with van der Waals surface area (Å²) in [6, 6.07) is 0. The average Bonchev–Trinajstić information content (AvgIpc) is 3.48. The van der Waals surface area contributed by atoms with Crippen molar-refractivity contribution in [2.45, 2.75) is 386 Å². The van der Waals surface area contributed by atoms with E-state index in [9.17, 15) is 14.4 Å². The van der Waals surface area contributed by atoms with E-state index in [1.165, 1.54) is 238 Å². The van der Waals surface area contributed by atoms with Crippen LogP contribution in [0.1, 0.15) is 380 Å². The normalized spacial score (nSPS) is 12.5. The molecule has 0 N–H and O–H groups in total. The van der Waals surface area contributed by atoms with Gasteiger partial charge in [0.2, 0.25) is 0 Å². The number of hydrogen-bond acceptors (Lipinski definition) is 6. The molecule has 1 atom stereocenters. The second kappa shape index (κ2) is 71.3. The zero-order chi connectivity index (χ0) is 59.9. The van der Waals surface area contributed by atoms with Crippen LogP contribution in [-0.4, -0.2) is 37.2 Å². The number of unbranched alkanes of at least 4 members (excludes halogenated alkanes) is 44. The molecule has 0 spiro atoms. The van der Waals surface area contributed by atoms with E-state index in [-0.39, 0.29) is 31.1 Å².